The molecule has 0 spiro atoms. The summed E-state index contributed by atoms with van der Waals surface area (Å²) < 4.78 is 11.3. The summed E-state index contributed by atoms with van der Waals surface area (Å²) in [6.07, 6.45) is 3.68. The second kappa shape index (κ2) is 6.43. The maximum Gasteiger partial charge on any atom is 0.165 e. The molecule has 5 nitrogen and oxygen atoms in total. The maximum absolute atomic E-state index is 11.4. The highest BCUT2D eigenvalue weighted by molar-refractivity contribution is 5.87. The van der Waals surface area contributed by atoms with E-state index in [-0.39, 0.29) is 11.6 Å². The van der Waals surface area contributed by atoms with Gasteiger partial charge in [0.05, 0.1) is 26.2 Å². The van der Waals surface area contributed by atoms with E-state index in [9.17, 15) is 9.90 Å². The van der Waals surface area contributed by atoms with Crippen LogP contribution in [0.2, 0.25) is 0 Å². The summed E-state index contributed by atoms with van der Waals surface area (Å²) in [6.45, 7) is 0. The average Bonchev–Trinajstić information content (AvgIpc) is 3.34. The summed E-state index contributed by atoms with van der Waals surface area (Å²) >= 11 is 0. The number of rotatable bonds is 4. The lowest BCUT2D eigenvalue weighted by Crippen LogP contribution is -2.36. The summed E-state index contributed by atoms with van der Waals surface area (Å²) in [4.78, 5) is 11.4. The van der Waals surface area contributed by atoms with Crippen molar-refractivity contribution in [3.05, 3.63) is 53.1 Å². The molecule has 0 aromatic heterocycles. The molecule has 2 bridgehead atoms. The summed E-state index contributed by atoms with van der Waals surface area (Å²) in [5.41, 5.74) is 3.53. The normalized spacial score (nSPS) is 29.6. The highest BCUT2D eigenvalue weighted by Gasteiger charge is 2.54. The van der Waals surface area contributed by atoms with E-state index in [0.29, 0.717) is 23.7 Å². The number of carbonyl (C=O) groups is 1. The van der Waals surface area contributed by atoms with Gasteiger partial charge in [-0.15, -0.1) is 0 Å². The van der Waals surface area contributed by atoms with Crippen molar-refractivity contribution in [3.8, 4) is 11.5 Å². The number of anilines is 1. The van der Waals surface area contributed by atoms with Crippen LogP contribution in [0.5, 0.6) is 11.5 Å². The Balaban J connectivity index is 1.65. The van der Waals surface area contributed by atoms with Crippen molar-refractivity contribution in [2.75, 3.05) is 19.5 Å². The molecular weight excluding hydrogens is 354 g/mol. The standard InChI is InChI=1S/C23H25NO4/c1-27-18-5-3-4-15(22(18)28-2)21-20-13-7-6-12(10-13)19(20)16-11-14(23(25)26)8-9-17(16)24-21/h3-5,8-9,11-13,19-21,24H,6-7,10H2,1-2H3,(H,25,26)/p-1/t12-,13+,19+,20+,21-/m0/s1. The first-order valence-electron chi connectivity index (χ1n) is 9.95. The van der Waals surface area contributed by atoms with Crippen LogP contribution >= 0.6 is 0 Å². The van der Waals surface area contributed by atoms with Crippen LogP contribution in [0.15, 0.2) is 36.4 Å². The predicted octanol–water partition coefficient (Wildman–Crippen LogP) is 3.36. The number of fused-ring (bicyclic) bond motifs is 7. The monoisotopic (exact) mass is 378 g/mol. The summed E-state index contributed by atoms with van der Waals surface area (Å²) in [7, 11) is 3.34. The molecule has 3 aliphatic rings. The van der Waals surface area contributed by atoms with Crippen LogP contribution in [-0.2, 0) is 0 Å². The summed E-state index contributed by atoms with van der Waals surface area (Å²) in [5.74, 6) is 2.45. The molecule has 5 rings (SSSR count). The van der Waals surface area contributed by atoms with Crippen molar-refractivity contribution in [3.63, 3.8) is 0 Å². The Kier molecular flexibility index (Phi) is 4.00. The molecule has 2 aliphatic carbocycles. The number of ether oxygens (including phenoxy) is 2. The number of para-hydroxylation sites is 1. The number of carbonyl (C=O) groups excluding carboxylic acids is 1. The molecule has 0 saturated heterocycles. The Morgan fingerprint density at radius 2 is 1.89 bits per heavy atom. The minimum Gasteiger partial charge on any atom is -0.545 e. The molecule has 1 heterocycles. The van der Waals surface area contributed by atoms with Gasteiger partial charge in [-0.3, -0.25) is 0 Å². The molecule has 0 amide bonds. The van der Waals surface area contributed by atoms with Crippen molar-refractivity contribution < 1.29 is 19.4 Å². The highest BCUT2D eigenvalue weighted by Crippen LogP contribution is 2.64. The second-order valence-corrected chi connectivity index (χ2v) is 8.23. The zero-order valence-corrected chi connectivity index (χ0v) is 16.1. The molecular formula is C23H24NO4-. The van der Waals surface area contributed by atoms with Gasteiger partial charge in [-0.05, 0) is 72.3 Å². The van der Waals surface area contributed by atoms with E-state index >= 15 is 0 Å². The number of nitrogens with one attached hydrogen (secondary N) is 1. The zero-order valence-electron chi connectivity index (χ0n) is 16.1. The van der Waals surface area contributed by atoms with Crippen LogP contribution in [0.25, 0.3) is 0 Å². The fraction of sp³-hybridized carbons (Fsp3) is 0.435. The van der Waals surface area contributed by atoms with E-state index in [4.69, 9.17) is 9.47 Å². The summed E-state index contributed by atoms with van der Waals surface area (Å²) in [5, 5.41) is 15.1. The Labute approximate surface area is 164 Å². The molecule has 2 aromatic carbocycles. The predicted molar refractivity (Wildman–Crippen MR) is 104 cm³/mol. The lowest BCUT2D eigenvalue weighted by Gasteiger charge is -2.44. The van der Waals surface area contributed by atoms with Gasteiger partial charge in [-0.2, -0.15) is 0 Å². The van der Waals surface area contributed by atoms with Gasteiger partial charge in [0, 0.05) is 11.3 Å². The van der Waals surface area contributed by atoms with Crippen molar-refractivity contribution in [2.24, 2.45) is 17.8 Å². The second-order valence-electron chi connectivity index (χ2n) is 8.23. The van der Waals surface area contributed by atoms with Crippen LogP contribution in [-0.4, -0.2) is 20.2 Å². The Hall–Kier alpha value is -2.69. The molecule has 146 valence electrons. The van der Waals surface area contributed by atoms with Crippen LogP contribution in [0.1, 0.15) is 52.7 Å². The van der Waals surface area contributed by atoms with Gasteiger partial charge >= 0.3 is 0 Å². The van der Waals surface area contributed by atoms with E-state index in [1.807, 2.05) is 24.3 Å². The first-order chi connectivity index (χ1) is 13.6. The third-order valence-corrected chi connectivity index (χ3v) is 7.09. The minimum atomic E-state index is -1.11. The molecule has 1 aliphatic heterocycles. The fourth-order valence-electron chi connectivity index (χ4n) is 6.08. The first kappa shape index (κ1) is 17.4. The van der Waals surface area contributed by atoms with Crippen LogP contribution in [0, 0.1) is 17.8 Å². The Morgan fingerprint density at radius 1 is 1.07 bits per heavy atom. The van der Waals surface area contributed by atoms with Crippen molar-refractivity contribution >= 4 is 11.7 Å². The van der Waals surface area contributed by atoms with Gasteiger partial charge in [0.1, 0.15) is 0 Å². The topological polar surface area (TPSA) is 70.6 Å². The smallest absolute Gasteiger partial charge is 0.165 e. The molecule has 5 heteroatoms. The van der Waals surface area contributed by atoms with Crippen LogP contribution in [0.4, 0.5) is 5.69 Å². The average molecular weight is 378 g/mol. The summed E-state index contributed by atoms with van der Waals surface area (Å²) in [6, 6.07) is 11.5. The van der Waals surface area contributed by atoms with Crippen molar-refractivity contribution in [1.29, 1.82) is 0 Å². The molecule has 0 radical (unpaired) electrons. The van der Waals surface area contributed by atoms with Crippen LogP contribution in [0.3, 0.4) is 0 Å². The minimum absolute atomic E-state index is 0.117. The third kappa shape index (κ3) is 2.42. The number of hydrogen-bond donors (Lipinski definition) is 1. The lowest BCUT2D eigenvalue weighted by atomic mass is 9.67. The number of carboxylic acid groups (broad SMARTS) is 1. The third-order valence-electron chi connectivity index (χ3n) is 7.09. The number of benzene rings is 2. The lowest BCUT2D eigenvalue weighted by molar-refractivity contribution is -0.255. The van der Waals surface area contributed by atoms with Crippen molar-refractivity contribution in [1.82, 2.24) is 0 Å². The van der Waals surface area contributed by atoms with Gasteiger partial charge in [-0.1, -0.05) is 18.2 Å². The Morgan fingerprint density at radius 3 is 2.64 bits per heavy atom. The SMILES string of the molecule is COc1cccc([C@@H]2Nc3ccc(C(=O)[O-])cc3[C@H]3[C@H]4CC[C@H](C4)[C@H]32)c1OC. The molecule has 5 atom stereocenters. The van der Waals surface area contributed by atoms with E-state index < -0.39 is 5.97 Å². The van der Waals surface area contributed by atoms with E-state index in [1.54, 1.807) is 20.3 Å². The molecule has 1 N–H and O–H groups in total. The molecule has 28 heavy (non-hydrogen) atoms. The number of aromatic carboxylic acids is 1. The molecule has 2 aromatic rings. The maximum atomic E-state index is 11.4. The quantitative estimate of drug-likeness (QED) is 0.883. The van der Waals surface area contributed by atoms with Gasteiger partial charge in [-0.25, -0.2) is 0 Å². The highest BCUT2D eigenvalue weighted by atomic mass is 16.5. The Bertz CT molecular complexity index is 940. The van der Waals surface area contributed by atoms with Crippen molar-refractivity contribution in [2.45, 2.75) is 31.2 Å². The molecule has 0 unspecified atom stereocenters. The van der Waals surface area contributed by atoms with Gasteiger partial charge in [0.25, 0.3) is 0 Å². The van der Waals surface area contributed by atoms with E-state index in [2.05, 4.69) is 11.4 Å². The fourth-order valence-corrected chi connectivity index (χ4v) is 6.08. The van der Waals surface area contributed by atoms with Gasteiger partial charge < -0.3 is 24.7 Å². The zero-order chi connectivity index (χ0) is 19.4. The van der Waals surface area contributed by atoms with Gasteiger partial charge in [0.15, 0.2) is 11.5 Å². The van der Waals surface area contributed by atoms with E-state index in [1.165, 1.54) is 19.3 Å². The number of carboxylic acids is 1. The largest absolute Gasteiger partial charge is 0.545 e. The molecule has 2 fully saturated rings. The van der Waals surface area contributed by atoms with Crippen LogP contribution < -0.4 is 19.9 Å². The first-order valence-corrected chi connectivity index (χ1v) is 9.95. The van der Waals surface area contributed by atoms with E-state index in [0.717, 1.165) is 28.3 Å². The van der Waals surface area contributed by atoms with Gasteiger partial charge in [0.2, 0.25) is 0 Å². The number of hydrogen-bond acceptors (Lipinski definition) is 5. The number of methoxy groups -OCH3 is 2. The molecule has 2 saturated carbocycles.